The summed E-state index contributed by atoms with van der Waals surface area (Å²) in [4.78, 5) is -0.488. The molecule has 1 aromatic heterocycles. The van der Waals surface area contributed by atoms with Gasteiger partial charge in [-0.25, -0.2) is 4.63 Å². The summed E-state index contributed by atoms with van der Waals surface area (Å²) < 4.78 is 35.0. The molecule has 0 radical (unpaired) electrons. The Morgan fingerprint density at radius 1 is 1.36 bits per heavy atom. The molecule has 0 aliphatic carbocycles. The largest absolute Gasteiger partial charge is 0.298 e. The Kier molecular flexibility index (Phi) is 1.95. The van der Waals surface area contributed by atoms with Crippen molar-refractivity contribution >= 4 is 32.8 Å². The first kappa shape index (κ1) is 9.38. The zero-order valence-electron chi connectivity index (χ0n) is 6.51. The van der Waals surface area contributed by atoms with E-state index in [0.717, 1.165) is 0 Å². The summed E-state index contributed by atoms with van der Waals surface area (Å²) in [7, 11) is -4.42. The molecule has 0 saturated heterocycles. The minimum absolute atomic E-state index is 0.0833. The van der Waals surface area contributed by atoms with E-state index in [-0.39, 0.29) is 16.1 Å². The molecule has 0 saturated carbocycles. The zero-order valence-corrected chi connectivity index (χ0v) is 8.08. The zero-order chi connectivity index (χ0) is 10.3. The highest BCUT2D eigenvalue weighted by Gasteiger charge is 2.21. The van der Waals surface area contributed by atoms with E-state index in [4.69, 9.17) is 16.2 Å². The van der Waals surface area contributed by atoms with Gasteiger partial charge in [0.25, 0.3) is 10.1 Å². The molecule has 0 aliphatic rings. The van der Waals surface area contributed by atoms with Crippen LogP contribution < -0.4 is 0 Å². The Morgan fingerprint density at radius 3 is 2.71 bits per heavy atom. The Balaban J connectivity index is 2.98. The molecule has 0 amide bonds. The van der Waals surface area contributed by atoms with Crippen molar-refractivity contribution in [2.24, 2.45) is 0 Å². The van der Waals surface area contributed by atoms with Gasteiger partial charge in [0.1, 0.15) is 10.4 Å². The predicted molar refractivity (Wildman–Crippen MR) is 46.6 cm³/mol. The van der Waals surface area contributed by atoms with Gasteiger partial charge in [-0.1, -0.05) is 11.6 Å². The number of benzene rings is 1. The van der Waals surface area contributed by atoms with E-state index in [0.29, 0.717) is 0 Å². The minimum atomic E-state index is -4.42. The van der Waals surface area contributed by atoms with E-state index in [2.05, 4.69) is 14.9 Å². The smallest absolute Gasteiger partial charge is 0.282 e. The molecule has 1 N–H and O–H groups in total. The molecule has 0 fully saturated rings. The number of fused-ring (bicyclic) bond motifs is 1. The second-order valence-corrected chi connectivity index (χ2v) is 4.25. The maximum atomic E-state index is 10.9. The maximum absolute atomic E-state index is 10.9. The second kappa shape index (κ2) is 2.91. The van der Waals surface area contributed by atoms with Crippen LogP contribution in [0.15, 0.2) is 21.7 Å². The van der Waals surface area contributed by atoms with Crippen LogP contribution in [0, 0.1) is 0 Å². The van der Waals surface area contributed by atoms with E-state index in [1.54, 1.807) is 0 Å². The Hall–Kier alpha value is -1.18. The number of rotatable bonds is 1. The first-order valence-electron chi connectivity index (χ1n) is 3.38. The molecule has 2 rings (SSSR count). The van der Waals surface area contributed by atoms with Crippen molar-refractivity contribution in [1.29, 1.82) is 0 Å². The molecule has 6 nitrogen and oxygen atoms in total. The number of hydrogen-bond donors (Lipinski definition) is 1. The van der Waals surface area contributed by atoms with Crippen molar-refractivity contribution in [3.63, 3.8) is 0 Å². The van der Waals surface area contributed by atoms with Crippen LogP contribution in [0.4, 0.5) is 0 Å². The summed E-state index contributed by atoms with van der Waals surface area (Å²) in [6, 6.07) is 2.72. The molecular weight excluding hydrogens is 232 g/mol. The van der Waals surface area contributed by atoms with Crippen molar-refractivity contribution in [2.45, 2.75) is 4.90 Å². The Morgan fingerprint density at radius 2 is 2.07 bits per heavy atom. The summed E-state index contributed by atoms with van der Waals surface area (Å²) >= 11 is 5.60. The summed E-state index contributed by atoms with van der Waals surface area (Å²) in [6.45, 7) is 0. The fourth-order valence-corrected chi connectivity index (χ4v) is 2.19. The van der Waals surface area contributed by atoms with Gasteiger partial charge in [0.15, 0.2) is 5.52 Å². The lowest BCUT2D eigenvalue weighted by molar-refractivity contribution is 0.315. The molecule has 74 valence electrons. The van der Waals surface area contributed by atoms with E-state index in [9.17, 15) is 8.42 Å². The molecule has 0 aliphatic heterocycles. The van der Waals surface area contributed by atoms with Gasteiger partial charge in [-0.3, -0.25) is 4.55 Å². The normalized spacial score (nSPS) is 12.1. The molecule has 2 aromatic rings. The fourth-order valence-electron chi connectivity index (χ4n) is 1.05. The number of nitrogens with zero attached hydrogens (tertiary/aromatic N) is 2. The van der Waals surface area contributed by atoms with Crippen LogP contribution in [0.3, 0.4) is 0 Å². The van der Waals surface area contributed by atoms with Gasteiger partial charge in [0.05, 0.1) is 5.02 Å². The third-order valence-corrected chi connectivity index (χ3v) is 2.95. The second-order valence-electron chi connectivity index (χ2n) is 2.48. The van der Waals surface area contributed by atoms with Crippen LogP contribution in [-0.4, -0.2) is 23.3 Å². The summed E-state index contributed by atoms with van der Waals surface area (Å²) in [5.41, 5.74) is 0.127. The van der Waals surface area contributed by atoms with Crippen molar-refractivity contribution in [3.8, 4) is 0 Å². The van der Waals surface area contributed by atoms with Gasteiger partial charge in [-0.15, -0.1) is 0 Å². The van der Waals surface area contributed by atoms with Crippen LogP contribution in [-0.2, 0) is 10.1 Å². The lowest BCUT2D eigenvalue weighted by Crippen LogP contribution is -2.00. The predicted octanol–water partition coefficient (Wildman–Crippen LogP) is 1.12. The summed E-state index contributed by atoms with van der Waals surface area (Å²) in [6.07, 6.45) is 0. The van der Waals surface area contributed by atoms with Crippen molar-refractivity contribution in [3.05, 3.63) is 17.2 Å². The number of hydrogen-bond acceptors (Lipinski definition) is 5. The van der Waals surface area contributed by atoms with Gasteiger partial charge < -0.3 is 0 Å². The average Bonchev–Trinajstić information content (AvgIpc) is 2.48. The highest BCUT2D eigenvalue weighted by atomic mass is 35.5. The molecule has 0 spiro atoms. The van der Waals surface area contributed by atoms with E-state index >= 15 is 0 Å². The molecule has 14 heavy (non-hydrogen) atoms. The molecular formula is C6H3ClN2O4S. The van der Waals surface area contributed by atoms with Gasteiger partial charge in [-0.05, 0) is 22.4 Å². The van der Waals surface area contributed by atoms with Crippen LogP contribution >= 0.6 is 11.6 Å². The Labute approximate surface area is 83.2 Å². The van der Waals surface area contributed by atoms with Gasteiger partial charge >= 0.3 is 0 Å². The molecule has 0 bridgehead atoms. The van der Waals surface area contributed by atoms with Gasteiger partial charge in [0, 0.05) is 0 Å². The quantitative estimate of drug-likeness (QED) is 0.744. The molecule has 1 heterocycles. The highest BCUT2D eigenvalue weighted by molar-refractivity contribution is 7.86. The fraction of sp³-hybridized carbons (Fsp3) is 0. The molecule has 1 aromatic carbocycles. The number of halogens is 1. The lowest BCUT2D eigenvalue weighted by Gasteiger charge is -1.98. The van der Waals surface area contributed by atoms with Crippen LogP contribution in [0.2, 0.25) is 5.02 Å². The standard InChI is InChI=1S/C6H3ClN2O4S/c7-3-1-2-4-5(9-13-8-4)6(3)14(10,11)12/h1-2H,(H,10,11,12). The number of aromatic nitrogens is 2. The third kappa shape index (κ3) is 1.35. The topological polar surface area (TPSA) is 93.3 Å². The van der Waals surface area contributed by atoms with E-state index in [1.165, 1.54) is 12.1 Å². The molecule has 0 atom stereocenters. The van der Waals surface area contributed by atoms with Crippen molar-refractivity contribution < 1.29 is 17.6 Å². The monoisotopic (exact) mass is 234 g/mol. The average molecular weight is 235 g/mol. The van der Waals surface area contributed by atoms with E-state index < -0.39 is 15.0 Å². The summed E-state index contributed by atoms with van der Waals surface area (Å²) in [5.74, 6) is 0. The molecule has 8 heteroatoms. The minimum Gasteiger partial charge on any atom is -0.282 e. The van der Waals surface area contributed by atoms with Crippen LogP contribution in [0.5, 0.6) is 0 Å². The highest BCUT2D eigenvalue weighted by Crippen LogP contribution is 2.27. The van der Waals surface area contributed by atoms with E-state index in [1.807, 2.05) is 0 Å². The lowest BCUT2D eigenvalue weighted by atomic mass is 10.3. The Bertz CT molecular complexity index is 591. The first-order chi connectivity index (χ1) is 6.50. The van der Waals surface area contributed by atoms with Crippen molar-refractivity contribution in [1.82, 2.24) is 10.3 Å². The SMILES string of the molecule is O=S(=O)(O)c1c(Cl)ccc2nonc12. The van der Waals surface area contributed by atoms with Crippen LogP contribution in [0.1, 0.15) is 0 Å². The van der Waals surface area contributed by atoms with Crippen LogP contribution in [0.25, 0.3) is 11.0 Å². The third-order valence-electron chi connectivity index (χ3n) is 1.59. The maximum Gasteiger partial charge on any atom is 0.298 e. The van der Waals surface area contributed by atoms with Gasteiger partial charge in [0.2, 0.25) is 0 Å². The molecule has 0 unspecified atom stereocenters. The van der Waals surface area contributed by atoms with Crippen molar-refractivity contribution in [2.75, 3.05) is 0 Å². The first-order valence-corrected chi connectivity index (χ1v) is 5.20. The summed E-state index contributed by atoms with van der Waals surface area (Å²) in [5, 5.41) is 6.62. The van der Waals surface area contributed by atoms with Gasteiger partial charge in [-0.2, -0.15) is 8.42 Å².